The van der Waals surface area contributed by atoms with E-state index in [0.29, 0.717) is 36.1 Å². The van der Waals surface area contributed by atoms with E-state index in [-0.39, 0.29) is 18.2 Å². The summed E-state index contributed by atoms with van der Waals surface area (Å²) in [6.07, 6.45) is 4.80. The smallest absolute Gasteiger partial charge is 0.191 e. The molecular weight excluding hydrogens is 403 g/mol. The second kappa shape index (κ2) is 11.1. The van der Waals surface area contributed by atoms with E-state index in [1.54, 1.807) is 6.20 Å². The molecule has 1 heterocycles. The fourth-order valence-corrected chi connectivity index (χ4v) is 4.06. The Morgan fingerprint density at radius 2 is 1.97 bits per heavy atom. The lowest BCUT2D eigenvalue weighted by atomic mass is 9.89. The molecule has 6 nitrogen and oxygen atoms in total. The number of guanidine groups is 1. The molecule has 1 aromatic heterocycles. The number of halogens is 1. The molecule has 0 aliphatic rings. The summed E-state index contributed by atoms with van der Waals surface area (Å²) in [5.41, 5.74) is 2.27. The van der Waals surface area contributed by atoms with Gasteiger partial charge in [0.1, 0.15) is 5.82 Å². The second-order valence-electron chi connectivity index (χ2n) is 7.70. The Bertz CT molecular complexity index is 947. The van der Waals surface area contributed by atoms with Gasteiger partial charge in [-0.25, -0.2) is 17.8 Å². The number of nitrogens with one attached hydrogen (secondary N) is 2. The minimum atomic E-state index is -3.23. The van der Waals surface area contributed by atoms with E-state index in [0.717, 1.165) is 5.56 Å². The summed E-state index contributed by atoms with van der Waals surface area (Å²) in [6.45, 7) is 7.80. The van der Waals surface area contributed by atoms with Gasteiger partial charge in [-0.2, -0.15) is 0 Å². The summed E-state index contributed by atoms with van der Waals surface area (Å²) in [6, 6.07) is 8.13. The molecule has 1 aromatic carbocycles. The molecule has 0 radical (unpaired) electrons. The van der Waals surface area contributed by atoms with E-state index in [4.69, 9.17) is 0 Å². The third kappa shape index (κ3) is 7.74. The van der Waals surface area contributed by atoms with Gasteiger partial charge in [0.15, 0.2) is 15.8 Å². The van der Waals surface area contributed by atoms with Gasteiger partial charge in [-0.1, -0.05) is 26.0 Å². The predicted octanol–water partition coefficient (Wildman–Crippen LogP) is 3.26. The molecule has 0 aliphatic carbocycles. The number of hydrogen-bond donors (Lipinski definition) is 2. The molecule has 2 N–H and O–H groups in total. The highest BCUT2D eigenvalue weighted by Crippen LogP contribution is 2.22. The van der Waals surface area contributed by atoms with Crippen LogP contribution < -0.4 is 10.6 Å². The molecule has 164 valence electrons. The Kier molecular flexibility index (Phi) is 8.77. The van der Waals surface area contributed by atoms with Gasteiger partial charge >= 0.3 is 0 Å². The standard InChI is InChI=1S/C22H31FN4O2S/c1-5-25-22(27-14-21(16(2)3)17-7-6-10-24-12-17)26-13-19-11-20(23)9-8-18(19)15-30(4,28)29/h6-12,16,21H,5,13-15H2,1-4H3,(H2,25,26,27). The van der Waals surface area contributed by atoms with E-state index >= 15 is 0 Å². The third-order valence-corrected chi connectivity index (χ3v) is 5.58. The quantitative estimate of drug-likeness (QED) is 0.468. The van der Waals surface area contributed by atoms with Crippen LogP contribution in [0.4, 0.5) is 4.39 Å². The highest BCUT2D eigenvalue weighted by atomic mass is 32.2. The Balaban J connectivity index is 2.17. The van der Waals surface area contributed by atoms with Gasteiger partial charge in [0, 0.05) is 37.7 Å². The van der Waals surface area contributed by atoms with Crippen LogP contribution in [-0.4, -0.2) is 38.7 Å². The third-order valence-electron chi connectivity index (χ3n) is 4.74. The van der Waals surface area contributed by atoms with Crippen LogP contribution in [0.3, 0.4) is 0 Å². The van der Waals surface area contributed by atoms with Crippen LogP contribution in [0, 0.1) is 11.7 Å². The van der Waals surface area contributed by atoms with Gasteiger partial charge in [-0.3, -0.25) is 4.98 Å². The predicted molar refractivity (Wildman–Crippen MR) is 120 cm³/mol. The van der Waals surface area contributed by atoms with Crippen molar-refractivity contribution in [1.82, 2.24) is 15.6 Å². The van der Waals surface area contributed by atoms with Crippen LogP contribution in [0.25, 0.3) is 0 Å². The van der Waals surface area contributed by atoms with E-state index in [1.165, 1.54) is 24.5 Å². The maximum absolute atomic E-state index is 13.7. The van der Waals surface area contributed by atoms with Crippen LogP contribution in [-0.2, 0) is 22.1 Å². The molecule has 2 rings (SSSR count). The fourth-order valence-electron chi connectivity index (χ4n) is 3.21. The zero-order valence-corrected chi connectivity index (χ0v) is 18.8. The first-order valence-electron chi connectivity index (χ1n) is 10.1. The van der Waals surface area contributed by atoms with Gasteiger partial charge in [0.25, 0.3) is 0 Å². The van der Waals surface area contributed by atoms with Crippen molar-refractivity contribution in [2.75, 3.05) is 19.3 Å². The molecule has 0 amide bonds. The molecule has 1 unspecified atom stereocenters. The van der Waals surface area contributed by atoms with Crippen LogP contribution in [0.5, 0.6) is 0 Å². The molecule has 0 aliphatic heterocycles. The molecule has 8 heteroatoms. The summed E-state index contributed by atoms with van der Waals surface area (Å²) < 4.78 is 37.1. The number of sulfone groups is 1. The van der Waals surface area contributed by atoms with Crippen LogP contribution >= 0.6 is 0 Å². The number of aromatic nitrogens is 1. The van der Waals surface area contributed by atoms with Gasteiger partial charge in [0.05, 0.1) is 12.3 Å². The van der Waals surface area contributed by atoms with Gasteiger partial charge in [-0.05, 0) is 47.7 Å². The maximum Gasteiger partial charge on any atom is 0.191 e. The monoisotopic (exact) mass is 434 g/mol. The molecule has 0 spiro atoms. The number of rotatable bonds is 9. The molecule has 0 fully saturated rings. The minimum Gasteiger partial charge on any atom is -0.357 e. The van der Waals surface area contributed by atoms with Crippen molar-refractivity contribution >= 4 is 15.8 Å². The number of hydrogen-bond acceptors (Lipinski definition) is 4. The van der Waals surface area contributed by atoms with Crippen molar-refractivity contribution in [2.45, 2.75) is 39.0 Å². The first kappa shape index (κ1) is 23.8. The average molecular weight is 435 g/mol. The lowest BCUT2D eigenvalue weighted by molar-refractivity contribution is 0.487. The summed E-state index contributed by atoms with van der Waals surface area (Å²) in [4.78, 5) is 8.77. The van der Waals surface area contributed by atoms with Crippen molar-refractivity contribution in [3.05, 3.63) is 65.2 Å². The van der Waals surface area contributed by atoms with E-state index in [1.807, 2.05) is 19.2 Å². The SMILES string of the molecule is CCNC(=NCc1cc(F)ccc1CS(C)(=O)=O)NCC(c1cccnc1)C(C)C. The van der Waals surface area contributed by atoms with Crippen LogP contribution in [0.2, 0.25) is 0 Å². The average Bonchev–Trinajstić information content (AvgIpc) is 2.67. The Morgan fingerprint density at radius 1 is 1.20 bits per heavy atom. The van der Waals surface area contributed by atoms with Crippen molar-refractivity contribution in [1.29, 1.82) is 0 Å². The molecule has 0 saturated heterocycles. The normalized spacial score (nSPS) is 13.3. The van der Waals surface area contributed by atoms with E-state index in [9.17, 15) is 12.8 Å². The van der Waals surface area contributed by atoms with E-state index < -0.39 is 15.7 Å². The van der Waals surface area contributed by atoms with Gasteiger partial charge < -0.3 is 10.6 Å². The Labute approximate surface area is 179 Å². The molecule has 30 heavy (non-hydrogen) atoms. The Hall–Kier alpha value is -2.48. The molecule has 1 atom stereocenters. The van der Waals surface area contributed by atoms with Crippen LogP contribution in [0.1, 0.15) is 43.4 Å². The fraction of sp³-hybridized carbons (Fsp3) is 0.455. The van der Waals surface area contributed by atoms with Gasteiger partial charge in [-0.15, -0.1) is 0 Å². The highest BCUT2D eigenvalue weighted by Gasteiger charge is 2.17. The lowest BCUT2D eigenvalue weighted by Gasteiger charge is -2.23. The summed E-state index contributed by atoms with van der Waals surface area (Å²) >= 11 is 0. The van der Waals surface area contributed by atoms with Crippen molar-refractivity contribution in [2.24, 2.45) is 10.9 Å². The number of aliphatic imine (C=N–C) groups is 1. The summed E-state index contributed by atoms with van der Waals surface area (Å²) in [5.74, 6) is 0.693. The number of benzene rings is 1. The van der Waals surface area contributed by atoms with E-state index in [2.05, 4.69) is 40.5 Å². The minimum absolute atomic E-state index is 0.140. The summed E-state index contributed by atoms with van der Waals surface area (Å²) in [7, 11) is -3.23. The Morgan fingerprint density at radius 3 is 2.57 bits per heavy atom. The highest BCUT2D eigenvalue weighted by molar-refractivity contribution is 7.89. The first-order valence-corrected chi connectivity index (χ1v) is 12.1. The number of pyridine rings is 1. The first-order chi connectivity index (χ1) is 14.2. The maximum atomic E-state index is 13.7. The zero-order valence-electron chi connectivity index (χ0n) is 18.0. The largest absolute Gasteiger partial charge is 0.357 e. The molecule has 0 bridgehead atoms. The molecule has 0 saturated carbocycles. The lowest BCUT2D eigenvalue weighted by Crippen LogP contribution is -2.40. The van der Waals surface area contributed by atoms with Gasteiger partial charge in [0.2, 0.25) is 0 Å². The second-order valence-corrected chi connectivity index (χ2v) is 9.84. The number of nitrogens with zero attached hydrogens (tertiary/aromatic N) is 2. The van der Waals surface area contributed by atoms with Crippen molar-refractivity contribution in [3.63, 3.8) is 0 Å². The van der Waals surface area contributed by atoms with Crippen molar-refractivity contribution in [3.8, 4) is 0 Å². The topological polar surface area (TPSA) is 83.5 Å². The molecule has 2 aromatic rings. The molecular formula is C22H31FN4O2S. The summed E-state index contributed by atoms with van der Waals surface area (Å²) in [5, 5.41) is 6.54. The zero-order chi connectivity index (χ0) is 22.1. The van der Waals surface area contributed by atoms with Crippen LogP contribution in [0.15, 0.2) is 47.7 Å². The van der Waals surface area contributed by atoms with Crippen molar-refractivity contribution < 1.29 is 12.8 Å².